The minimum atomic E-state index is -0.677. The van der Waals surface area contributed by atoms with E-state index in [9.17, 15) is 4.79 Å². The third kappa shape index (κ3) is 3.33. The number of thiocarbonyl (C=S) groups is 1. The average Bonchev–Trinajstić information content (AvgIpc) is 2.80. The zero-order chi connectivity index (χ0) is 14.4. The molecule has 0 atom stereocenters. The Bertz CT molecular complexity index is 453. The molecule has 0 saturated heterocycles. The molecule has 0 spiro atoms. The summed E-state index contributed by atoms with van der Waals surface area (Å²) in [6.07, 6.45) is 7.58. The second-order valence-corrected chi connectivity index (χ2v) is 5.65. The fraction of sp³-hybridized carbons (Fsp3) is 0.692. The Morgan fingerprint density at radius 3 is 2.65 bits per heavy atom. The smallest absolute Gasteiger partial charge is 0.233 e. The number of carbonyl (C=O) groups excluding carboxylic acids is 1. The van der Waals surface area contributed by atoms with Gasteiger partial charge in [-0.25, -0.2) is 0 Å². The molecule has 0 aromatic carbocycles. The normalized spacial score (nSPS) is 18.2. The maximum absolute atomic E-state index is 12.5. The van der Waals surface area contributed by atoms with Crippen LogP contribution in [-0.4, -0.2) is 27.6 Å². The van der Waals surface area contributed by atoms with E-state index in [2.05, 4.69) is 20.0 Å². The first kappa shape index (κ1) is 14.9. The van der Waals surface area contributed by atoms with Gasteiger partial charge < -0.3 is 15.6 Å². The van der Waals surface area contributed by atoms with Crippen LogP contribution in [-0.2, 0) is 11.2 Å². The standard InChI is InChI=1S/C13H20N4O2S/c14-11(20)13(6-3-1-2-4-7-13)12(18)15-8-5-10-16-9-19-17-10/h9H,1-8H2,(H2,14,20)(H,15,18). The highest BCUT2D eigenvalue weighted by molar-refractivity contribution is 7.80. The molecule has 7 heteroatoms. The summed E-state index contributed by atoms with van der Waals surface area (Å²) in [6.45, 7) is 0.461. The van der Waals surface area contributed by atoms with Crippen LogP contribution in [0.25, 0.3) is 0 Å². The predicted octanol–water partition coefficient (Wildman–Crippen LogP) is 1.35. The number of aromatic nitrogens is 2. The summed E-state index contributed by atoms with van der Waals surface area (Å²) in [6, 6.07) is 0. The van der Waals surface area contributed by atoms with Crippen molar-refractivity contribution in [3.63, 3.8) is 0 Å². The summed E-state index contributed by atoms with van der Waals surface area (Å²) in [5.41, 5.74) is 5.19. The van der Waals surface area contributed by atoms with E-state index in [-0.39, 0.29) is 5.91 Å². The quantitative estimate of drug-likeness (QED) is 0.629. The Kier molecular flexibility index (Phi) is 5.05. The van der Waals surface area contributed by atoms with Gasteiger partial charge in [0.1, 0.15) is 0 Å². The zero-order valence-corrected chi connectivity index (χ0v) is 12.2. The predicted molar refractivity (Wildman–Crippen MR) is 77.9 cm³/mol. The molecule has 2 rings (SSSR count). The van der Waals surface area contributed by atoms with Crippen molar-refractivity contribution < 1.29 is 9.32 Å². The van der Waals surface area contributed by atoms with Gasteiger partial charge in [-0.1, -0.05) is 43.1 Å². The van der Waals surface area contributed by atoms with Gasteiger partial charge in [-0.3, -0.25) is 4.79 Å². The van der Waals surface area contributed by atoms with Gasteiger partial charge in [-0.15, -0.1) is 0 Å². The average molecular weight is 296 g/mol. The number of hydrogen-bond donors (Lipinski definition) is 2. The molecule has 1 fully saturated rings. The van der Waals surface area contributed by atoms with Crippen molar-refractivity contribution in [3.05, 3.63) is 12.2 Å². The molecule has 6 nitrogen and oxygen atoms in total. The van der Waals surface area contributed by atoms with E-state index in [1.165, 1.54) is 6.39 Å². The van der Waals surface area contributed by atoms with E-state index in [1.807, 2.05) is 0 Å². The van der Waals surface area contributed by atoms with Crippen molar-refractivity contribution >= 4 is 23.1 Å². The molecule has 1 aliphatic carbocycles. The monoisotopic (exact) mass is 296 g/mol. The van der Waals surface area contributed by atoms with Crippen LogP contribution in [0.3, 0.4) is 0 Å². The minimum Gasteiger partial charge on any atom is -0.392 e. The molecule has 1 heterocycles. The summed E-state index contributed by atoms with van der Waals surface area (Å²) in [5, 5.41) is 6.62. The van der Waals surface area contributed by atoms with Crippen LogP contribution in [0.15, 0.2) is 10.9 Å². The van der Waals surface area contributed by atoms with Crippen LogP contribution >= 0.6 is 12.2 Å². The number of hydrogen-bond acceptors (Lipinski definition) is 5. The van der Waals surface area contributed by atoms with E-state index in [1.54, 1.807) is 0 Å². The molecule has 20 heavy (non-hydrogen) atoms. The Morgan fingerprint density at radius 1 is 1.40 bits per heavy atom. The van der Waals surface area contributed by atoms with Gasteiger partial charge in [-0.2, -0.15) is 4.98 Å². The lowest BCUT2D eigenvalue weighted by Gasteiger charge is -2.30. The van der Waals surface area contributed by atoms with Crippen molar-refractivity contribution in [2.24, 2.45) is 11.1 Å². The Morgan fingerprint density at radius 2 is 2.10 bits per heavy atom. The molecule has 3 N–H and O–H groups in total. The second kappa shape index (κ2) is 6.78. The van der Waals surface area contributed by atoms with Gasteiger partial charge in [-0.05, 0) is 12.8 Å². The highest BCUT2D eigenvalue weighted by atomic mass is 32.1. The molecule has 1 aromatic rings. The molecular weight excluding hydrogens is 276 g/mol. The van der Waals surface area contributed by atoms with Crippen LogP contribution in [0.5, 0.6) is 0 Å². The maximum atomic E-state index is 12.5. The van der Waals surface area contributed by atoms with Gasteiger partial charge >= 0.3 is 0 Å². The summed E-state index contributed by atoms with van der Waals surface area (Å²) >= 11 is 5.17. The molecule has 0 bridgehead atoms. The third-order valence-electron chi connectivity index (χ3n) is 3.90. The molecule has 0 aliphatic heterocycles. The molecule has 0 unspecified atom stereocenters. The first-order valence-corrected chi connectivity index (χ1v) is 7.39. The van der Waals surface area contributed by atoms with Crippen molar-refractivity contribution in [3.8, 4) is 0 Å². The lowest BCUT2D eigenvalue weighted by Crippen LogP contribution is -2.49. The van der Waals surface area contributed by atoms with Gasteiger partial charge in [0.25, 0.3) is 0 Å². The van der Waals surface area contributed by atoms with Crippen molar-refractivity contribution in [2.45, 2.75) is 44.9 Å². The fourth-order valence-corrected chi connectivity index (χ4v) is 2.97. The fourth-order valence-electron chi connectivity index (χ4n) is 2.68. The molecular formula is C13H20N4O2S. The topological polar surface area (TPSA) is 94.0 Å². The maximum Gasteiger partial charge on any atom is 0.233 e. The SMILES string of the molecule is NC(=S)C1(C(=O)NCCc2ncon2)CCCCCC1. The van der Waals surface area contributed by atoms with Crippen molar-refractivity contribution in [1.29, 1.82) is 0 Å². The van der Waals surface area contributed by atoms with Crippen LogP contribution in [0.2, 0.25) is 0 Å². The number of carbonyl (C=O) groups is 1. The lowest BCUT2D eigenvalue weighted by molar-refractivity contribution is -0.128. The van der Waals surface area contributed by atoms with Crippen LogP contribution in [0.4, 0.5) is 0 Å². The zero-order valence-electron chi connectivity index (χ0n) is 11.4. The molecule has 1 aromatic heterocycles. The molecule has 1 saturated carbocycles. The number of nitrogens with two attached hydrogens (primary N) is 1. The van der Waals surface area contributed by atoms with Crippen LogP contribution < -0.4 is 11.1 Å². The largest absolute Gasteiger partial charge is 0.392 e. The van der Waals surface area contributed by atoms with E-state index < -0.39 is 5.41 Å². The van der Waals surface area contributed by atoms with Crippen LogP contribution in [0.1, 0.15) is 44.3 Å². The highest BCUT2D eigenvalue weighted by Crippen LogP contribution is 2.35. The Balaban J connectivity index is 1.94. The number of nitrogens with zero attached hydrogens (tertiary/aromatic N) is 2. The third-order valence-corrected chi connectivity index (χ3v) is 4.30. The summed E-state index contributed by atoms with van der Waals surface area (Å²) < 4.78 is 4.65. The van der Waals surface area contributed by atoms with Crippen molar-refractivity contribution in [2.75, 3.05) is 6.54 Å². The summed E-state index contributed by atoms with van der Waals surface area (Å²) in [4.78, 5) is 16.7. The Hall–Kier alpha value is -1.50. The number of nitrogens with one attached hydrogen (secondary N) is 1. The van der Waals surface area contributed by atoms with Crippen molar-refractivity contribution in [1.82, 2.24) is 15.5 Å². The molecule has 1 amide bonds. The summed E-state index contributed by atoms with van der Waals surface area (Å²) in [7, 11) is 0. The van der Waals surface area contributed by atoms with E-state index >= 15 is 0 Å². The lowest BCUT2D eigenvalue weighted by atomic mass is 9.79. The molecule has 0 radical (unpaired) electrons. The van der Waals surface area contributed by atoms with E-state index in [0.29, 0.717) is 23.8 Å². The number of rotatable bonds is 5. The van der Waals surface area contributed by atoms with Gasteiger partial charge in [0.05, 0.1) is 10.4 Å². The molecule has 1 aliphatic rings. The van der Waals surface area contributed by atoms with E-state index in [0.717, 1.165) is 38.5 Å². The first-order chi connectivity index (χ1) is 9.65. The van der Waals surface area contributed by atoms with E-state index in [4.69, 9.17) is 18.0 Å². The van der Waals surface area contributed by atoms with Gasteiger partial charge in [0.2, 0.25) is 12.3 Å². The number of amides is 1. The molecule has 110 valence electrons. The second-order valence-electron chi connectivity index (χ2n) is 5.21. The van der Waals surface area contributed by atoms with Gasteiger partial charge in [0, 0.05) is 13.0 Å². The van der Waals surface area contributed by atoms with Gasteiger partial charge in [0.15, 0.2) is 5.82 Å². The summed E-state index contributed by atoms with van der Waals surface area (Å²) in [5.74, 6) is 0.519. The Labute approximate surface area is 123 Å². The minimum absolute atomic E-state index is 0.0598. The first-order valence-electron chi connectivity index (χ1n) is 6.98. The van der Waals surface area contributed by atoms with Crippen LogP contribution in [0, 0.1) is 5.41 Å². The highest BCUT2D eigenvalue weighted by Gasteiger charge is 2.41.